The summed E-state index contributed by atoms with van der Waals surface area (Å²) in [6.07, 6.45) is 0. The molecule has 112 valence electrons. The number of hydrogen-bond acceptors (Lipinski definition) is 3. The average Bonchev–Trinajstić information content (AvgIpc) is 2.30. The van der Waals surface area contributed by atoms with Crippen molar-refractivity contribution in [3.8, 4) is 0 Å². The van der Waals surface area contributed by atoms with Gasteiger partial charge in [0.05, 0.1) is 6.54 Å². The van der Waals surface area contributed by atoms with E-state index in [1.54, 1.807) is 20.8 Å². The predicted molar refractivity (Wildman–Crippen MR) is 74.2 cm³/mol. The van der Waals surface area contributed by atoms with Crippen LogP contribution in [0.1, 0.15) is 19.4 Å². The lowest BCUT2D eigenvalue weighted by atomic mass is 10.2. The van der Waals surface area contributed by atoms with E-state index in [9.17, 15) is 17.6 Å². The van der Waals surface area contributed by atoms with Crippen molar-refractivity contribution in [2.75, 3.05) is 13.6 Å². The Morgan fingerprint density at radius 2 is 2.00 bits per heavy atom. The average molecular weight is 302 g/mol. The summed E-state index contributed by atoms with van der Waals surface area (Å²) in [6, 6.07) is 3.75. The summed E-state index contributed by atoms with van der Waals surface area (Å²) in [5.74, 6) is -1.26. The summed E-state index contributed by atoms with van der Waals surface area (Å²) in [6.45, 7) is 4.86. The highest BCUT2D eigenvalue weighted by molar-refractivity contribution is 7.89. The number of amides is 1. The van der Waals surface area contributed by atoms with Crippen LogP contribution in [0.5, 0.6) is 0 Å². The SMILES string of the molecule is Cc1ccc(F)c(S(=O)(=O)N(C)CC(=O)NC(C)C)c1. The maximum Gasteiger partial charge on any atom is 0.246 e. The van der Waals surface area contributed by atoms with Crippen LogP contribution in [-0.4, -0.2) is 38.3 Å². The number of hydrogen-bond donors (Lipinski definition) is 1. The molecule has 0 spiro atoms. The third-order valence-corrected chi connectivity index (χ3v) is 4.41. The molecule has 1 aromatic rings. The lowest BCUT2D eigenvalue weighted by molar-refractivity contribution is -0.121. The Balaban J connectivity index is 2.98. The number of benzene rings is 1. The van der Waals surface area contributed by atoms with Crippen molar-refractivity contribution in [2.45, 2.75) is 31.7 Å². The molecule has 0 radical (unpaired) electrons. The molecule has 0 aromatic heterocycles. The Morgan fingerprint density at radius 3 is 2.55 bits per heavy atom. The largest absolute Gasteiger partial charge is 0.353 e. The first-order chi connectivity index (χ1) is 9.14. The summed E-state index contributed by atoms with van der Waals surface area (Å²) in [4.78, 5) is 11.2. The third kappa shape index (κ3) is 4.01. The first-order valence-corrected chi connectivity index (χ1v) is 7.60. The van der Waals surface area contributed by atoms with Gasteiger partial charge in [-0.1, -0.05) is 6.07 Å². The zero-order chi connectivity index (χ0) is 15.5. The molecular formula is C13H19FN2O3S. The van der Waals surface area contributed by atoms with Crippen molar-refractivity contribution >= 4 is 15.9 Å². The van der Waals surface area contributed by atoms with Crippen LogP contribution in [0, 0.1) is 12.7 Å². The lowest BCUT2D eigenvalue weighted by Crippen LogP contribution is -2.41. The molecule has 0 atom stereocenters. The number of nitrogens with one attached hydrogen (secondary N) is 1. The van der Waals surface area contributed by atoms with Crippen LogP contribution in [0.2, 0.25) is 0 Å². The molecule has 1 rings (SSSR count). The molecule has 0 aliphatic rings. The minimum Gasteiger partial charge on any atom is -0.353 e. The Hall–Kier alpha value is -1.47. The van der Waals surface area contributed by atoms with Crippen molar-refractivity contribution < 1.29 is 17.6 Å². The monoisotopic (exact) mass is 302 g/mol. The van der Waals surface area contributed by atoms with Crippen molar-refractivity contribution in [2.24, 2.45) is 0 Å². The number of nitrogens with zero attached hydrogens (tertiary/aromatic N) is 1. The summed E-state index contributed by atoms with van der Waals surface area (Å²) in [5.41, 5.74) is 0.630. The van der Waals surface area contributed by atoms with Gasteiger partial charge >= 0.3 is 0 Å². The summed E-state index contributed by atoms with van der Waals surface area (Å²) >= 11 is 0. The third-order valence-electron chi connectivity index (χ3n) is 2.59. The molecule has 1 amide bonds. The Morgan fingerprint density at radius 1 is 1.40 bits per heavy atom. The number of halogens is 1. The van der Waals surface area contributed by atoms with Crippen molar-refractivity contribution in [1.29, 1.82) is 0 Å². The fraction of sp³-hybridized carbons (Fsp3) is 0.462. The van der Waals surface area contributed by atoms with Gasteiger partial charge in [-0.05, 0) is 38.5 Å². The second-order valence-corrected chi connectivity index (χ2v) is 6.93. The van der Waals surface area contributed by atoms with Gasteiger partial charge in [-0.25, -0.2) is 12.8 Å². The van der Waals surface area contributed by atoms with Crippen LogP contribution in [0.3, 0.4) is 0 Å². The summed E-state index contributed by atoms with van der Waals surface area (Å²) in [7, 11) is -2.78. The van der Waals surface area contributed by atoms with E-state index in [1.165, 1.54) is 19.2 Å². The van der Waals surface area contributed by atoms with E-state index >= 15 is 0 Å². The Bertz CT molecular complexity index is 600. The first kappa shape index (κ1) is 16.6. The van der Waals surface area contributed by atoms with Gasteiger partial charge in [0.15, 0.2) is 0 Å². The fourth-order valence-electron chi connectivity index (χ4n) is 1.63. The van der Waals surface area contributed by atoms with Gasteiger partial charge in [-0.3, -0.25) is 4.79 Å². The van der Waals surface area contributed by atoms with Crippen LogP contribution < -0.4 is 5.32 Å². The van der Waals surface area contributed by atoms with Gasteiger partial charge in [0.1, 0.15) is 10.7 Å². The smallest absolute Gasteiger partial charge is 0.246 e. The van der Waals surface area contributed by atoms with Crippen LogP contribution in [-0.2, 0) is 14.8 Å². The van der Waals surface area contributed by atoms with Gasteiger partial charge in [-0.2, -0.15) is 4.31 Å². The first-order valence-electron chi connectivity index (χ1n) is 6.16. The zero-order valence-electron chi connectivity index (χ0n) is 12.0. The van der Waals surface area contributed by atoms with E-state index < -0.39 is 26.6 Å². The second kappa shape index (κ2) is 6.32. The molecule has 0 heterocycles. The minimum atomic E-state index is -4.03. The Kier molecular flexibility index (Phi) is 5.24. The van der Waals surface area contributed by atoms with E-state index in [0.717, 1.165) is 10.4 Å². The second-order valence-electron chi connectivity index (χ2n) is 4.92. The minimum absolute atomic E-state index is 0.0886. The number of carbonyl (C=O) groups excluding carboxylic acids is 1. The van der Waals surface area contributed by atoms with E-state index in [4.69, 9.17) is 0 Å². The summed E-state index contributed by atoms with van der Waals surface area (Å²) in [5, 5.41) is 2.58. The molecule has 7 heteroatoms. The number of carbonyl (C=O) groups is 1. The van der Waals surface area contributed by atoms with E-state index in [-0.39, 0.29) is 12.6 Å². The van der Waals surface area contributed by atoms with Gasteiger partial charge in [0, 0.05) is 13.1 Å². The number of sulfonamides is 1. The highest BCUT2D eigenvalue weighted by Gasteiger charge is 2.26. The molecule has 0 saturated heterocycles. The van der Waals surface area contributed by atoms with E-state index in [1.807, 2.05) is 0 Å². The molecular weight excluding hydrogens is 283 g/mol. The molecule has 0 saturated carbocycles. The number of aryl methyl sites for hydroxylation is 1. The molecule has 1 aromatic carbocycles. The highest BCUT2D eigenvalue weighted by Crippen LogP contribution is 2.19. The molecule has 1 N–H and O–H groups in total. The van der Waals surface area contributed by atoms with Crippen LogP contribution in [0.15, 0.2) is 23.1 Å². The Labute approximate surface area is 118 Å². The molecule has 20 heavy (non-hydrogen) atoms. The van der Waals surface area contributed by atoms with Crippen LogP contribution in [0.4, 0.5) is 4.39 Å². The molecule has 0 unspecified atom stereocenters. The van der Waals surface area contributed by atoms with E-state index in [0.29, 0.717) is 5.56 Å². The maximum absolute atomic E-state index is 13.7. The fourth-order valence-corrected chi connectivity index (χ4v) is 2.90. The zero-order valence-corrected chi connectivity index (χ0v) is 12.8. The molecule has 0 fully saturated rings. The number of rotatable bonds is 5. The van der Waals surface area contributed by atoms with Crippen molar-refractivity contribution in [1.82, 2.24) is 9.62 Å². The molecule has 0 bridgehead atoms. The summed E-state index contributed by atoms with van der Waals surface area (Å²) < 4.78 is 39.0. The van der Waals surface area contributed by atoms with Gasteiger partial charge in [-0.15, -0.1) is 0 Å². The maximum atomic E-state index is 13.7. The molecule has 0 aliphatic carbocycles. The normalized spacial score (nSPS) is 11.9. The quantitative estimate of drug-likeness (QED) is 0.891. The van der Waals surface area contributed by atoms with E-state index in [2.05, 4.69) is 5.32 Å². The lowest BCUT2D eigenvalue weighted by Gasteiger charge is -2.18. The molecule has 0 aliphatic heterocycles. The van der Waals surface area contributed by atoms with Crippen molar-refractivity contribution in [3.63, 3.8) is 0 Å². The molecule has 5 nitrogen and oxygen atoms in total. The van der Waals surface area contributed by atoms with Crippen LogP contribution in [0.25, 0.3) is 0 Å². The van der Waals surface area contributed by atoms with Gasteiger partial charge < -0.3 is 5.32 Å². The predicted octanol–water partition coefficient (Wildman–Crippen LogP) is 1.28. The van der Waals surface area contributed by atoms with Crippen LogP contribution >= 0.6 is 0 Å². The van der Waals surface area contributed by atoms with Gasteiger partial charge in [0.25, 0.3) is 0 Å². The highest BCUT2D eigenvalue weighted by atomic mass is 32.2. The van der Waals surface area contributed by atoms with Crippen molar-refractivity contribution in [3.05, 3.63) is 29.6 Å². The standard InChI is InChI=1S/C13H19FN2O3S/c1-9(2)15-13(17)8-16(4)20(18,19)12-7-10(3)5-6-11(12)14/h5-7,9H,8H2,1-4H3,(H,15,17). The number of likely N-dealkylation sites (N-methyl/N-ethyl adjacent to an activating group) is 1. The topological polar surface area (TPSA) is 66.5 Å². The van der Waals surface area contributed by atoms with Gasteiger partial charge in [0.2, 0.25) is 15.9 Å².